The molecule has 186 valence electrons. The van der Waals surface area contributed by atoms with Crippen molar-refractivity contribution in [2.75, 3.05) is 25.0 Å². The van der Waals surface area contributed by atoms with E-state index < -0.39 is 17.3 Å². The van der Waals surface area contributed by atoms with E-state index in [4.69, 9.17) is 0 Å². The molecule has 4 rings (SSSR count). The molecule has 2 saturated heterocycles. The summed E-state index contributed by atoms with van der Waals surface area (Å²) in [5.74, 6) is -0.558. The van der Waals surface area contributed by atoms with Crippen LogP contribution in [-0.4, -0.2) is 63.8 Å². The molecule has 0 aromatic heterocycles. The Morgan fingerprint density at radius 2 is 1.71 bits per heavy atom. The number of hydrogen-bond donors (Lipinski definition) is 1. The van der Waals surface area contributed by atoms with Gasteiger partial charge in [-0.1, -0.05) is 30.3 Å². The molecule has 1 spiro atoms. The number of rotatable bonds is 4. The lowest BCUT2D eigenvalue weighted by molar-refractivity contribution is -0.166. The first-order chi connectivity index (χ1) is 16.5. The van der Waals surface area contributed by atoms with Gasteiger partial charge in [0.05, 0.1) is 12.1 Å². The highest BCUT2D eigenvalue weighted by atomic mass is 19.4. The number of benzene rings is 2. The van der Waals surface area contributed by atoms with Crippen LogP contribution in [0.4, 0.5) is 23.7 Å². The molecule has 2 fully saturated rings. The fraction of sp³-hybridized carbons (Fsp3) is 0.400. The van der Waals surface area contributed by atoms with E-state index in [1.54, 1.807) is 24.3 Å². The topological polar surface area (TPSA) is 73.0 Å². The van der Waals surface area contributed by atoms with Gasteiger partial charge in [0.2, 0.25) is 5.91 Å². The molecule has 2 aromatic rings. The number of alkyl halides is 3. The van der Waals surface area contributed by atoms with Crippen molar-refractivity contribution in [1.82, 2.24) is 14.7 Å². The van der Waals surface area contributed by atoms with Crippen LogP contribution >= 0.6 is 0 Å². The van der Waals surface area contributed by atoms with Crippen molar-refractivity contribution in [3.05, 3.63) is 65.7 Å². The number of amides is 4. The second-order valence-corrected chi connectivity index (χ2v) is 9.20. The van der Waals surface area contributed by atoms with Gasteiger partial charge in [0.15, 0.2) is 0 Å². The van der Waals surface area contributed by atoms with Crippen LogP contribution < -0.4 is 5.32 Å². The van der Waals surface area contributed by atoms with Gasteiger partial charge in [-0.05, 0) is 50.1 Å². The molecule has 35 heavy (non-hydrogen) atoms. The number of nitrogens with one attached hydrogen (secondary N) is 1. The zero-order chi connectivity index (χ0) is 25.4. The molecule has 2 heterocycles. The molecule has 2 aromatic carbocycles. The van der Waals surface area contributed by atoms with Gasteiger partial charge in [0.25, 0.3) is 5.91 Å². The minimum absolute atomic E-state index is 0.0000942. The van der Waals surface area contributed by atoms with E-state index in [2.05, 4.69) is 5.32 Å². The van der Waals surface area contributed by atoms with Gasteiger partial charge in [-0.2, -0.15) is 13.2 Å². The van der Waals surface area contributed by atoms with E-state index in [-0.39, 0.29) is 56.5 Å². The Morgan fingerprint density at radius 1 is 1.06 bits per heavy atom. The number of anilines is 1. The Balaban J connectivity index is 1.60. The largest absolute Gasteiger partial charge is 0.416 e. The number of carbonyl (C=O) groups excluding carboxylic acids is 3. The van der Waals surface area contributed by atoms with Crippen LogP contribution in [0.5, 0.6) is 0 Å². The Hall–Kier alpha value is -3.56. The Labute approximate surface area is 201 Å². The molecular formula is C25H27F3N4O3. The molecule has 0 bridgehead atoms. The van der Waals surface area contributed by atoms with Crippen molar-refractivity contribution in [1.29, 1.82) is 0 Å². The number of piperazine rings is 1. The summed E-state index contributed by atoms with van der Waals surface area (Å²) in [6.45, 7) is 3.75. The molecule has 0 saturated carbocycles. The number of halogens is 3. The fourth-order valence-corrected chi connectivity index (χ4v) is 4.65. The molecule has 2 aliphatic heterocycles. The van der Waals surface area contributed by atoms with Crippen molar-refractivity contribution in [2.24, 2.45) is 0 Å². The molecule has 0 aliphatic carbocycles. The first kappa shape index (κ1) is 24.6. The van der Waals surface area contributed by atoms with Gasteiger partial charge in [-0.15, -0.1) is 0 Å². The van der Waals surface area contributed by atoms with Crippen molar-refractivity contribution in [3.8, 4) is 0 Å². The monoisotopic (exact) mass is 488 g/mol. The van der Waals surface area contributed by atoms with E-state index in [1.165, 1.54) is 26.8 Å². The third kappa shape index (κ3) is 4.82. The lowest BCUT2D eigenvalue weighted by Crippen LogP contribution is -2.69. The van der Waals surface area contributed by atoms with Gasteiger partial charge >= 0.3 is 12.2 Å². The molecule has 2 aliphatic rings. The standard InChI is InChI=1S/C25H27F3N4O3/c1-17(2)31-15-21(33)32(14-18-8-10-19(11-9-18)25(26,27)28)24(22(31)34)12-13-30(16-24)23(35)29-20-6-4-3-5-7-20/h3-11,17H,12-16H2,1-2H3,(H,29,35). The molecule has 1 atom stereocenters. The predicted molar refractivity (Wildman–Crippen MR) is 123 cm³/mol. The van der Waals surface area contributed by atoms with Crippen LogP contribution in [0, 0.1) is 0 Å². The summed E-state index contributed by atoms with van der Waals surface area (Å²) in [7, 11) is 0. The number of para-hydroxylation sites is 1. The van der Waals surface area contributed by atoms with E-state index in [0.29, 0.717) is 11.3 Å². The van der Waals surface area contributed by atoms with Gasteiger partial charge in [-0.25, -0.2) is 4.79 Å². The van der Waals surface area contributed by atoms with Crippen LogP contribution in [0.1, 0.15) is 31.4 Å². The summed E-state index contributed by atoms with van der Waals surface area (Å²) in [4.78, 5) is 44.3. The highest BCUT2D eigenvalue weighted by Crippen LogP contribution is 2.36. The predicted octanol–water partition coefficient (Wildman–Crippen LogP) is 3.96. The summed E-state index contributed by atoms with van der Waals surface area (Å²) >= 11 is 0. The summed E-state index contributed by atoms with van der Waals surface area (Å²) in [5, 5.41) is 2.80. The van der Waals surface area contributed by atoms with Crippen LogP contribution in [-0.2, 0) is 22.3 Å². The van der Waals surface area contributed by atoms with E-state index in [9.17, 15) is 27.6 Å². The Morgan fingerprint density at radius 3 is 2.31 bits per heavy atom. The minimum atomic E-state index is -4.47. The molecule has 1 N–H and O–H groups in total. The summed E-state index contributed by atoms with van der Waals surface area (Å²) < 4.78 is 38.9. The second-order valence-electron chi connectivity index (χ2n) is 9.20. The summed E-state index contributed by atoms with van der Waals surface area (Å²) in [6.07, 6.45) is -4.23. The van der Waals surface area contributed by atoms with Gasteiger partial charge in [0.1, 0.15) is 12.1 Å². The second kappa shape index (κ2) is 9.24. The molecule has 10 heteroatoms. The smallest absolute Gasteiger partial charge is 0.329 e. The number of urea groups is 1. The summed E-state index contributed by atoms with van der Waals surface area (Å²) in [5.41, 5.74) is -0.984. The van der Waals surface area contributed by atoms with Gasteiger partial charge in [-0.3, -0.25) is 9.59 Å². The van der Waals surface area contributed by atoms with E-state index in [0.717, 1.165) is 12.1 Å². The highest BCUT2D eigenvalue weighted by molar-refractivity contribution is 6.00. The van der Waals surface area contributed by atoms with Crippen LogP contribution in [0.25, 0.3) is 0 Å². The minimum Gasteiger partial charge on any atom is -0.329 e. The quantitative estimate of drug-likeness (QED) is 0.708. The number of hydrogen-bond acceptors (Lipinski definition) is 3. The Kier molecular flexibility index (Phi) is 6.48. The van der Waals surface area contributed by atoms with E-state index >= 15 is 0 Å². The maximum absolute atomic E-state index is 13.7. The Bertz CT molecular complexity index is 1110. The zero-order valence-electron chi connectivity index (χ0n) is 19.5. The maximum atomic E-state index is 13.7. The zero-order valence-corrected chi connectivity index (χ0v) is 19.5. The third-order valence-corrected chi connectivity index (χ3v) is 6.59. The first-order valence-corrected chi connectivity index (χ1v) is 11.4. The maximum Gasteiger partial charge on any atom is 0.416 e. The van der Waals surface area contributed by atoms with Crippen LogP contribution in [0.3, 0.4) is 0 Å². The van der Waals surface area contributed by atoms with Gasteiger partial charge < -0.3 is 20.0 Å². The van der Waals surface area contributed by atoms with Crippen LogP contribution in [0.2, 0.25) is 0 Å². The number of likely N-dealkylation sites (tertiary alicyclic amines) is 1. The number of carbonyl (C=O) groups is 3. The van der Waals surface area contributed by atoms with Crippen molar-refractivity contribution < 1.29 is 27.6 Å². The summed E-state index contributed by atoms with van der Waals surface area (Å²) in [6, 6.07) is 12.9. The molecule has 0 radical (unpaired) electrons. The third-order valence-electron chi connectivity index (χ3n) is 6.59. The van der Waals surface area contributed by atoms with Gasteiger partial charge in [0, 0.05) is 24.8 Å². The average molecular weight is 489 g/mol. The first-order valence-electron chi connectivity index (χ1n) is 11.4. The molecular weight excluding hydrogens is 461 g/mol. The SMILES string of the molecule is CC(C)N1CC(=O)N(Cc2ccc(C(F)(F)F)cc2)C2(CCN(C(=O)Nc3ccccc3)C2)C1=O. The highest BCUT2D eigenvalue weighted by Gasteiger charge is 2.57. The lowest BCUT2D eigenvalue weighted by atomic mass is 9.89. The average Bonchev–Trinajstić information content (AvgIpc) is 3.26. The lowest BCUT2D eigenvalue weighted by Gasteiger charge is -2.48. The fourth-order valence-electron chi connectivity index (χ4n) is 4.65. The molecule has 4 amide bonds. The van der Waals surface area contributed by atoms with Crippen LogP contribution in [0.15, 0.2) is 54.6 Å². The molecule has 7 nitrogen and oxygen atoms in total. The normalized spacial score (nSPS) is 20.8. The van der Waals surface area contributed by atoms with Crippen molar-refractivity contribution in [3.63, 3.8) is 0 Å². The number of nitrogens with zero attached hydrogens (tertiary/aromatic N) is 3. The van der Waals surface area contributed by atoms with Crippen molar-refractivity contribution in [2.45, 2.75) is 44.6 Å². The molecule has 1 unspecified atom stereocenters. The van der Waals surface area contributed by atoms with Crippen molar-refractivity contribution >= 4 is 23.5 Å². The van der Waals surface area contributed by atoms with E-state index in [1.807, 2.05) is 19.9 Å².